The van der Waals surface area contributed by atoms with E-state index in [2.05, 4.69) is 15.9 Å². The molecule has 0 unspecified atom stereocenters. The van der Waals surface area contributed by atoms with Crippen molar-refractivity contribution in [3.05, 3.63) is 16.7 Å². The summed E-state index contributed by atoms with van der Waals surface area (Å²) in [6, 6.07) is 1.75. The highest BCUT2D eigenvalue weighted by atomic mass is 79.9. The van der Waals surface area contributed by atoms with Crippen LogP contribution >= 0.6 is 15.9 Å². The molecule has 60 valence electrons. The lowest BCUT2D eigenvalue weighted by Crippen LogP contribution is -2.46. The van der Waals surface area contributed by atoms with Crippen molar-refractivity contribution in [3.63, 3.8) is 0 Å². The SMILES string of the molecule is COc1cc(Br)c[n+](N)c1N. The van der Waals surface area contributed by atoms with Crippen LogP contribution in [0.25, 0.3) is 0 Å². The third-order valence-electron chi connectivity index (χ3n) is 1.28. The summed E-state index contributed by atoms with van der Waals surface area (Å²) in [5.41, 5.74) is 5.55. The Balaban J connectivity index is 3.24. The Morgan fingerprint density at radius 2 is 2.27 bits per heavy atom. The zero-order chi connectivity index (χ0) is 8.43. The summed E-state index contributed by atoms with van der Waals surface area (Å²) in [6.07, 6.45) is 1.65. The number of methoxy groups -OCH3 is 1. The molecule has 0 aliphatic rings. The summed E-state index contributed by atoms with van der Waals surface area (Å²) >= 11 is 3.25. The standard InChI is InChI=1S/C6H8BrN3O/c1-11-5-2-4(7)3-10(9)6(5)8/h2-3,8H,9H2,1H3/p+1. The van der Waals surface area contributed by atoms with Crippen LogP contribution < -0.4 is 21.0 Å². The van der Waals surface area contributed by atoms with Gasteiger partial charge in [-0.25, -0.2) is 0 Å². The van der Waals surface area contributed by atoms with Crippen molar-refractivity contribution < 1.29 is 9.41 Å². The van der Waals surface area contributed by atoms with Gasteiger partial charge in [0.15, 0.2) is 0 Å². The van der Waals surface area contributed by atoms with Gasteiger partial charge in [-0.05, 0) is 15.9 Å². The smallest absolute Gasteiger partial charge is 0.338 e. The molecule has 0 atom stereocenters. The molecule has 1 aromatic rings. The molecule has 0 fully saturated rings. The minimum atomic E-state index is 0.399. The third kappa shape index (κ3) is 1.54. The minimum absolute atomic E-state index is 0.399. The second-order valence-electron chi connectivity index (χ2n) is 2.02. The molecule has 4 N–H and O–H groups in total. The predicted octanol–water partition coefficient (Wildman–Crippen LogP) is 0.0412. The number of nitrogens with zero attached hydrogens (tertiary/aromatic N) is 1. The fourth-order valence-corrected chi connectivity index (χ4v) is 1.16. The summed E-state index contributed by atoms with van der Waals surface area (Å²) in [5.74, 6) is 6.43. The van der Waals surface area contributed by atoms with E-state index in [0.29, 0.717) is 11.6 Å². The van der Waals surface area contributed by atoms with Crippen molar-refractivity contribution in [2.24, 2.45) is 0 Å². The quantitative estimate of drug-likeness (QED) is 0.517. The number of nitrogen functional groups attached to an aromatic ring is 2. The number of halogens is 1. The second-order valence-corrected chi connectivity index (χ2v) is 2.93. The first-order valence-electron chi connectivity index (χ1n) is 2.95. The first-order chi connectivity index (χ1) is 5.15. The number of hydrogen-bond acceptors (Lipinski definition) is 3. The third-order valence-corrected chi connectivity index (χ3v) is 1.72. The van der Waals surface area contributed by atoms with Gasteiger partial charge >= 0.3 is 5.82 Å². The van der Waals surface area contributed by atoms with Crippen LogP contribution in [-0.4, -0.2) is 7.11 Å². The van der Waals surface area contributed by atoms with E-state index >= 15 is 0 Å². The van der Waals surface area contributed by atoms with Gasteiger partial charge in [-0.3, -0.25) is 11.6 Å². The maximum absolute atomic E-state index is 5.55. The lowest BCUT2D eigenvalue weighted by molar-refractivity contribution is -0.624. The maximum Gasteiger partial charge on any atom is 0.338 e. The Morgan fingerprint density at radius 3 is 2.82 bits per heavy atom. The molecule has 0 spiro atoms. The molecule has 0 saturated heterocycles. The zero-order valence-electron chi connectivity index (χ0n) is 6.04. The molecule has 1 heterocycles. The minimum Gasteiger partial charge on any atom is -0.489 e. The zero-order valence-corrected chi connectivity index (χ0v) is 7.63. The van der Waals surface area contributed by atoms with E-state index in [1.165, 1.54) is 11.8 Å². The summed E-state index contributed by atoms with van der Waals surface area (Å²) < 4.78 is 7.07. The van der Waals surface area contributed by atoms with Crippen molar-refractivity contribution in [1.82, 2.24) is 0 Å². The average molecular weight is 219 g/mol. The Kier molecular flexibility index (Phi) is 2.19. The van der Waals surface area contributed by atoms with E-state index in [-0.39, 0.29) is 0 Å². The van der Waals surface area contributed by atoms with E-state index in [4.69, 9.17) is 16.3 Å². The fourth-order valence-electron chi connectivity index (χ4n) is 0.730. The predicted molar refractivity (Wildman–Crippen MR) is 45.5 cm³/mol. The van der Waals surface area contributed by atoms with Gasteiger partial charge in [0.25, 0.3) is 0 Å². The molecule has 0 amide bonds. The number of hydrogen-bond donors (Lipinski definition) is 2. The first-order valence-corrected chi connectivity index (χ1v) is 3.74. The van der Waals surface area contributed by atoms with E-state index in [1.807, 2.05) is 0 Å². The lowest BCUT2D eigenvalue weighted by atomic mass is 10.4. The molecule has 0 aliphatic heterocycles. The van der Waals surface area contributed by atoms with Gasteiger partial charge in [0, 0.05) is 6.07 Å². The lowest BCUT2D eigenvalue weighted by Gasteiger charge is -2.01. The Hall–Kier alpha value is -0.970. The molecule has 0 bridgehead atoms. The van der Waals surface area contributed by atoms with Crippen LogP contribution in [0, 0.1) is 0 Å². The van der Waals surface area contributed by atoms with Crippen molar-refractivity contribution in [2.75, 3.05) is 18.7 Å². The highest BCUT2D eigenvalue weighted by Crippen LogP contribution is 2.20. The van der Waals surface area contributed by atoms with Crippen molar-refractivity contribution in [3.8, 4) is 5.75 Å². The van der Waals surface area contributed by atoms with Crippen LogP contribution in [0.15, 0.2) is 16.7 Å². The Morgan fingerprint density at radius 1 is 1.64 bits per heavy atom. The van der Waals surface area contributed by atoms with E-state index < -0.39 is 0 Å². The monoisotopic (exact) mass is 218 g/mol. The molecule has 0 aliphatic carbocycles. The molecule has 1 rings (SSSR count). The van der Waals surface area contributed by atoms with E-state index in [0.717, 1.165) is 4.47 Å². The van der Waals surface area contributed by atoms with Gasteiger partial charge in [-0.15, -0.1) is 4.68 Å². The van der Waals surface area contributed by atoms with E-state index in [1.54, 1.807) is 12.3 Å². The number of aromatic nitrogens is 1. The van der Waals surface area contributed by atoms with Gasteiger partial charge in [0.05, 0.1) is 11.6 Å². The molecule has 0 aromatic carbocycles. The van der Waals surface area contributed by atoms with Crippen LogP contribution in [0.2, 0.25) is 0 Å². The van der Waals surface area contributed by atoms with Crippen molar-refractivity contribution in [1.29, 1.82) is 0 Å². The van der Waals surface area contributed by atoms with Crippen molar-refractivity contribution in [2.45, 2.75) is 0 Å². The topological polar surface area (TPSA) is 65.1 Å². The average Bonchev–Trinajstić information content (AvgIpc) is 1.96. The Bertz CT molecular complexity index is 277. The molecule has 0 saturated carbocycles. The summed E-state index contributed by atoms with van der Waals surface area (Å²) in [4.78, 5) is 0. The summed E-state index contributed by atoms with van der Waals surface area (Å²) in [5, 5.41) is 0. The highest BCUT2D eigenvalue weighted by Gasteiger charge is 2.10. The molecule has 4 nitrogen and oxygen atoms in total. The van der Waals surface area contributed by atoms with Gasteiger partial charge in [-0.1, -0.05) is 0 Å². The highest BCUT2D eigenvalue weighted by molar-refractivity contribution is 9.10. The molecule has 5 heteroatoms. The largest absolute Gasteiger partial charge is 0.489 e. The Labute approximate surface area is 72.9 Å². The van der Waals surface area contributed by atoms with Gasteiger partial charge < -0.3 is 4.74 Å². The number of ether oxygens (including phenoxy) is 1. The van der Waals surface area contributed by atoms with Crippen molar-refractivity contribution >= 4 is 21.7 Å². The number of nitrogens with two attached hydrogens (primary N) is 2. The number of anilines is 1. The molecule has 1 aromatic heterocycles. The second kappa shape index (κ2) is 2.96. The fraction of sp³-hybridized carbons (Fsp3) is 0.167. The van der Waals surface area contributed by atoms with Crippen LogP contribution in [0.1, 0.15) is 0 Å². The van der Waals surface area contributed by atoms with Crippen LogP contribution in [0.3, 0.4) is 0 Å². The maximum atomic E-state index is 5.55. The van der Waals surface area contributed by atoms with E-state index in [9.17, 15) is 0 Å². The normalized spacial score (nSPS) is 9.64. The van der Waals surface area contributed by atoms with Crippen LogP contribution in [-0.2, 0) is 0 Å². The van der Waals surface area contributed by atoms with Crippen LogP contribution in [0.5, 0.6) is 5.75 Å². The molecular weight excluding hydrogens is 210 g/mol. The summed E-state index contributed by atoms with van der Waals surface area (Å²) in [7, 11) is 1.54. The molecular formula is C6H9BrN3O+. The molecule has 0 radical (unpaired) electrons. The van der Waals surface area contributed by atoms with Crippen LogP contribution in [0.4, 0.5) is 5.82 Å². The number of rotatable bonds is 1. The number of pyridine rings is 1. The van der Waals surface area contributed by atoms with Gasteiger partial charge in [0.2, 0.25) is 5.75 Å². The summed E-state index contributed by atoms with van der Waals surface area (Å²) in [6.45, 7) is 0. The van der Waals surface area contributed by atoms with Gasteiger partial charge in [0.1, 0.15) is 6.20 Å². The first kappa shape index (κ1) is 8.13. The molecule has 11 heavy (non-hydrogen) atoms. The van der Waals surface area contributed by atoms with Gasteiger partial charge in [-0.2, -0.15) is 0 Å².